The Hall–Kier alpha value is -4.32. The first-order valence-corrected chi connectivity index (χ1v) is 17.9. The summed E-state index contributed by atoms with van der Waals surface area (Å²) in [5.74, 6) is 0.661. The Morgan fingerprint density at radius 3 is 1.00 bits per heavy atom. The van der Waals surface area contributed by atoms with E-state index in [1.54, 1.807) is 60.3 Å². The van der Waals surface area contributed by atoms with Crippen LogP contribution < -0.4 is 43.0 Å². The number of benzene rings is 3. The molecule has 17 heteroatoms. The highest BCUT2D eigenvalue weighted by Gasteiger charge is 2.36. The average molecular weight is 729 g/mol. The summed E-state index contributed by atoms with van der Waals surface area (Å²) in [5, 5.41) is 0. The lowest BCUT2D eigenvalue weighted by Gasteiger charge is -2.31. The van der Waals surface area contributed by atoms with Gasteiger partial charge in [0.1, 0.15) is 40.2 Å². The van der Waals surface area contributed by atoms with E-state index in [2.05, 4.69) is 0 Å². The van der Waals surface area contributed by atoms with Crippen LogP contribution in [0, 0.1) is 0 Å². The summed E-state index contributed by atoms with van der Waals surface area (Å²) in [7, 11) is 5.28. The molecule has 0 aliphatic carbocycles. The third-order valence-corrected chi connectivity index (χ3v) is 9.32. The van der Waals surface area contributed by atoms with Crippen LogP contribution in [-0.4, -0.2) is 114 Å². The zero-order valence-corrected chi connectivity index (χ0v) is 30.6. The molecular formula is C32H44N2O13S2. The molecule has 0 bridgehead atoms. The van der Waals surface area contributed by atoms with Crippen LogP contribution in [0.25, 0.3) is 0 Å². The minimum atomic E-state index is -4.23. The summed E-state index contributed by atoms with van der Waals surface area (Å²) in [6, 6.07) is 10.2. The minimum absolute atomic E-state index is 0.0255. The Bertz CT molecular complexity index is 1660. The van der Waals surface area contributed by atoms with Gasteiger partial charge in [0, 0.05) is 91.6 Å². The SMILES string of the molecule is COc1cc(OC)c(C(c2c(OC)cc(N(C)CCS(=O)(=O)O)cc2OC)c2c(OC)cc(N(C)CCS(=O)(=O)O)cc2OC)c(OC)c1. The molecule has 0 saturated heterocycles. The van der Waals surface area contributed by atoms with Crippen LogP contribution in [0.2, 0.25) is 0 Å². The van der Waals surface area contributed by atoms with Crippen molar-refractivity contribution in [3.8, 4) is 40.2 Å². The molecule has 49 heavy (non-hydrogen) atoms. The topological polar surface area (TPSA) is 180 Å². The molecule has 0 aliphatic rings. The molecule has 0 heterocycles. The van der Waals surface area contributed by atoms with Crippen molar-refractivity contribution in [2.45, 2.75) is 5.92 Å². The van der Waals surface area contributed by atoms with Crippen LogP contribution in [0.15, 0.2) is 36.4 Å². The Kier molecular flexibility index (Phi) is 13.1. The molecule has 0 amide bonds. The highest BCUT2D eigenvalue weighted by molar-refractivity contribution is 7.86. The van der Waals surface area contributed by atoms with Crippen LogP contribution in [0.1, 0.15) is 22.6 Å². The van der Waals surface area contributed by atoms with Gasteiger partial charge in [-0.1, -0.05) is 0 Å². The van der Waals surface area contributed by atoms with E-state index >= 15 is 0 Å². The van der Waals surface area contributed by atoms with Gasteiger partial charge in [-0.2, -0.15) is 16.8 Å². The summed E-state index contributed by atoms with van der Waals surface area (Å²) in [4.78, 5) is 3.26. The molecule has 0 saturated carbocycles. The fourth-order valence-corrected chi connectivity index (χ4v) is 6.38. The van der Waals surface area contributed by atoms with Crippen LogP contribution in [0.3, 0.4) is 0 Å². The van der Waals surface area contributed by atoms with Gasteiger partial charge in [-0.25, -0.2) is 0 Å². The van der Waals surface area contributed by atoms with Crippen molar-refractivity contribution in [1.82, 2.24) is 0 Å². The first-order chi connectivity index (χ1) is 23.1. The van der Waals surface area contributed by atoms with Crippen molar-refractivity contribution in [2.75, 3.05) is 98.3 Å². The van der Waals surface area contributed by atoms with Gasteiger partial charge in [0.25, 0.3) is 20.2 Å². The van der Waals surface area contributed by atoms with Crippen molar-refractivity contribution in [2.24, 2.45) is 0 Å². The van der Waals surface area contributed by atoms with Gasteiger partial charge in [-0.05, 0) is 0 Å². The van der Waals surface area contributed by atoms with Gasteiger partial charge >= 0.3 is 0 Å². The van der Waals surface area contributed by atoms with Gasteiger partial charge in [-0.15, -0.1) is 0 Å². The Morgan fingerprint density at radius 2 is 0.776 bits per heavy atom. The second-order valence-corrected chi connectivity index (χ2v) is 14.0. The number of methoxy groups -OCH3 is 7. The second-order valence-electron chi connectivity index (χ2n) is 10.8. The van der Waals surface area contributed by atoms with E-state index in [1.165, 1.54) is 49.8 Å². The third kappa shape index (κ3) is 9.44. The predicted molar refractivity (Wildman–Crippen MR) is 186 cm³/mol. The van der Waals surface area contributed by atoms with Crippen molar-refractivity contribution < 1.29 is 59.1 Å². The standard InChI is InChI=1S/C32H44N2O13S2/c1-33(10-12-48(35,36)37)20-14-23(42-4)29(24(15-20)43-5)32(31-27(46-8)18-22(41-3)19-28(31)47-9)30-25(44-6)16-21(17-26(30)45-7)34(2)11-13-49(38,39)40/h14-19,32H,10-13H2,1-9H3,(H,35,36,37)(H,38,39,40). The Morgan fingerprint density at radius 1 is 0.510 bits per heavy atom. The molecular weight excluding hydrogens is 684 g/mol. The molecule has 15 nitrogen and oxygen atoms in total. The lowest BCUT2D eigenvalue weighted by molar-refractivity contribution is 0.357. The van der Waals surface area contributed by atoms with Gasteiger partial charge in [0.2, 0.25) is 0 Å². The maximum atomic E-state index is 11.5. The van der Waals surface area contributed by atoms with E-state index in [9.17, 15) is 25.9 Å². The fraction of sp³-hybridized carbons (Fsp3) is 0.438. The van der Waals surface area contributed by atoms with Crippen molar-refractivity contribution >= 4 is 31.6 Å². The van der Waals surface area contributed by atoms with E-state index in [1.807, 2.05) is 0 Å². The molecule has 0 aliphatic heterocycles. The Labute approximate surface area is 287 Å². The molecule has 0 atom stereocenters. The quantitative estimate of drug-likeness (QED) is 0.143. The van der Waals surface area contributed by atoms with E-state index in [0.717, 1.165) is 0 Å². The van der Waals surface area contributed by atoms with Crippen molar-refractivity contribution in [3.05, 3.63) is 53.1 Å². The van der Waals surface area contributed by atoms with Crippen LogP contribution in [0.4, 0.5) is 11.4 Å². The molecule has 0 unspecified atom stereocenters. The zero-order chi connectivity index (χ0) is 36.7. The van der Waals surface area contributed by atoms with Crippen molar-refractivity contribution in [3.63, 3.8) is 0 Å². The summed E-state index contributed by atoms with van der Waals surface area (Å²) < 4.78 is 106. The molecule has 3 rings (SSSR count). The highest BCUT2D eigenvalue weighted by Crippen LogP contribution is 2.55. The van der Waals surface area contributed by atoms with Gasteiger partial charge in [0.05, 0.1) is 67.2 Å². The monoisotopic (exact) mass is 728 g/mol. The fourth-order valence-electron chi connectivity index (χ4n) is 5.37. The third-order valence-electron chi connectivity index (χ3n) is 7.93. The normalized spacial score (nSPS) is 11.6. The lowest BCUT2D eigenvalue weighted by atomic mass is 9.81. The number of anilines is 2. The minimum Gasteiger partial charge on any atom is -0.496 e. The molecule has 272 valence electrons. The first kappa shape index (κ1) is 39.1. The maximum Gasteiger partial charge on any atom is 0.266 e. The van der Waals surface area contributed by atoms with Crippen LogP contribution >= 0.6 is 0 Å². The number of hydrogen-bond acceptors (Lipinski definition) is 13. The highest BCUT2D eigenvalue weighted by atomic mass is 32.2. The van der Waals surface area contributed by atoms with Gasteiger partial charge < -0.3 is 43.0 Å². The molecule has 3 aromatic rings. The smallest absolute Gasteiger partial charge is 0.266 e. The van der Waals surface area contributed by atoms with Crippen LogP contribution in [0.5, 0.6) is 40.2 Å². The summed E-state index contributed by atoms with van der Waals surface area (Å²) >= 11 is 0. The number of hydrogen-bond donors (Lipinski definition) is 2. The first-order valence-electron chi connectivity index (χ1n) is 14.7. The summed E-state index contributed by atoms with van der Waals surface area (Å²) in [6.45, 7) is -0.0511. The summed E-state index contributed by atoms with van der Waals surface area (Å²) in [6.07, 6.45) is 0. The van der Waals surface area contributed by atoms with Crippen molar-refractivity contribution in [1.29, 1.82) is 0 Å². The van der Waals surface area contributed by atoms with E-state index in [4.69, 9.17) is 33.2 Å². The molecule has 0 spiro atoms. The number of rotatable bonds is 18. The largest absolute Gasteiger partial charge is 0.496 e. The zero-order valence-electron chi connectivity index (χ0n) is 29.0. The number of ether oxygens (including phenoxy) is 7. The number of nitrogens with zero attached hydrogens (tertiary/aromatic N) is 2. The average Bonchev–Trinajstić information content (AvgIpc) is 3.08. The van der Waals surface area contributed by atoms with Gasteiger partial charge in [0.15, 0.2) is 0 Å². The molecule has 0 aromatic heterocycles. The lowest BCUT2D eigenvalue weighted by Crippen LogP contribution is -2.25. The molecule has 2 N–H and O–H groups in total. The van der Waals surface area contributed by atoms with Crippen LogP contribution in [-0.2, 0) is 20.2 Å². The maximum absolute atomic E-state index is 11.5. The molecule has 3 aromatic carbocycles. The summed E-state index contributed by atoms with van der Waals surface area (Å²) in [5.41, 5.74) is 2.55. The molecule has 0 fully saturated rings. The van der Waals surface area contributed by atoms with E-state index in [-0.39, 0.29) is 13.1 Å². The van der Waals surface area contributed by atoms with E-state index < -0.39 is 37.7 Å². The Balaban J connectivity index is 2.48. The second kappa shape index (κ2) is 16.4. The molecule has 0 radical (unpaired) electrons. The predicted octanol–water partition coefficient (Wildman–Crippen LogP) is 3.58. The van der Waals surface area contributed by atoms with Gasteiger partial charge in [-0.3, -0.25) is 9.11 Å². The van der Waals surface area contributed by atoms with E-state index in [0.29, 0.717) is 68.3 Å².